The Bertz CT molecular complexity index is 438. The Morgan fingerprint density at radius 1 is 1.44 bits per heavy atom. The summed E-state index contributed by atoms with van der Waals surface area (Å²) in [6, 6.07) is 5.26. The molecule has 0 atom stereocenters. The van der Waals surface area contributed by atoms with Crippen molar-refractivity contribution >= 4 is 17.5 Å². The number of benzene rings is 1. The molecule has 0 unspecified atom stereocenters. The first-order valence-electron chi connectivity index (χ1n) is 6.02. The van der Waals surface area contributed by atoms with E-state index in [0.717, 1.165) is 5.56 Å². The van der Waals surface area contributed by atoms with Crippen molar-refractivity contribution in [2.75, 3.05) is 13.1 Å². The molecule has 1 N–H and O–H groups in total. The second kappa shape index (κ2) is 5.72. The zero-order chi connectivity index (χ0) is 13.9. The van der Waals surface area contributed by atoms with Crippen molar-refractivity contribution in [3.05, 3.63) is 34.3 Å². The molecule has 1 aromatic rings. The lowest BCUT2D eigenvalue weighted by Crippen LogP contribution is -2.42. The molecule has 0 radical (unpaired) electrons. The van der Waals surface area contributed by atoms with Gasteiger partial charge in [-0.2, -0.15) is 0 Å². The van der Waals surface area contributed by atoms with Gasteiger partial charge in [0, 0.05) is 23.7 Å². The fourth-order valence-corrected chi connectivity index (χ4v) is 1.96. The number of halogens is 1. The molecule has 100 valence electrons. The lowest BCUT2D eigenvalue weighted by Gasteiger charge is -2.28. The molecule has 0 spiro atoms. The van der Waals surface area contributed by atoms with Crippen molar-refractivity contribution in [3.63, 3.8) is 0 Å². The summed E-state index contributed by atoms with van der Waals surface area (Å²) in [5, 5.41) is 10.4. The SMILES string of the molecule is CCN(CC(C)(C)O)C(=O)c1cc(Cl)ccc1C. The first-order valence-corrected chi connectivity index (χ1v) is 6.40. The van der Waals surface area contributed by atoms with Gasteiger partial charge >= 0.3 is 0 Å². The Morgan fingerprint density at radius 3 is 2.56 bits per heavy atom. The normalized spacial score (nSPS) is 11.4. The largest absolute Gasteiger partial charge is 0.389 e. The predicted octanol–water partition coefficient (Wildman–Crippen LogP) is 2.88. The van der Waals surface area contributed by atoms with Crippen LogP contribution in [0.1, 0.15) is 36.7 Å². The van der Waals surface area contributed by atoms with E-state index in [9.17, 15) is 9.90 Å². The molecule has 0 aliphatic rings. The number of rotatable bonds is 4. The molecular formula is C14H20ClNO2. The predicted molar refractivity (Wildman–Crippen MR) is 74.1 cm³/mol. The lowest BCUT2D eigenvalue weighted by molar-refractivity contribution is 0.0314. The lowest BCUT2D eigenvalue weighted by atomic mass is 10.1. The first-order chi connectivity index (χ1) is 8.24. The first kappa shape index (κ1) is 15.0. The van der Waals surface area contributed by atoms with Crippen LogP contribution in [0.25, 0.3) is 0 Å². The van der Waals surface area contributed by atoms with Crippen LogP contribution in [0.5, 0.6) is 0 Å². The molecule has 0 aliphatic heterocycles. The summed E-state index contributed by atoms with van der Waals surface area (Å²) < 4.78 is 0. The Hall–Kier alpha value is -1.06. The van der Waals surface area contributed by atoms with Crippen molar-refractivity contribution in [3.8, 4) is 0 Å². The van der Waals surface area contributed by atoms with Crippen molar-refractivity contribution in [2.45, 2.75) is 33.3 Å². The van der Waals surface area contributed by atoms with E-state index < -0.39 is 5.60 Å². The minimum absolute atomic E-state index is 0.0976. The Labute approximate surface area is 113 Å². The van der Waals surface area contributed by atoms with Crippen LogP contribution in [-0.2, 0) is 0 Å². The Balaban J connectivity index is 3.00. The van der Waals surface area contributed by atoms with Crippen molar-refractivity contribution < 1.29 is 9.90 Å². The van der Waals surface area contributed by atoms with Gasteiger partial charge in [-0.1, -0.05) is 17.7 Å². The number of nitrogens with zero attached hydrogens (tertiary/aromatic N) is 1. The smallest absolute Gasteiger partial charge is 0.254 e. The van der Waals surface area contributed by atoms with Gasteiger partial charge in [0.1, 0.15) is 0 Å². The number of likely N-dealkylation sites (N-methyl/N-ethyl adjacent to an activating group) is 1. The highest BCUT2D eigenvalue weighted by Gasteiger charge is 2.23. The van der Waals surface area contributed by atoms with Crippen LogP contribution in [0.3, 0.4) is 0 Å². The number of carbonyl (C=O) groups excluding carboxylic acids is 1. The van der Waals surface area contributed by atoms with E-state index in [1.165, 1.54) is 0 Å². The molecule has 0 heterocycles. The maximum Gasteiger partial charge on any atom is 0.254 e. The van der Waals surface area contributed by atoms with E-state index in [2.05, 4.69) is 0 Å². The van der Waals surface area contributed by atoms with Crippen LogP contribution in [0.15, 0.2) is 18.2 Å². The highest BCUT2D eigenvalue weighted by molar-refractivity contribution is 6.31. The van der Waals surface area contributed by atoms with Crippen LogP contribution in [-0.4, -0.2) is 34.6 Å². The minimum Gasteiger partial charge on any atom is -0.389 e. The van der Waals surface area contributed by atoms with Crippen LogP contribution in [0.4, 0.5) is 0 Å². The Morgan fingerprint density at radius 2 is 2.06 bits per heavy atom. The molecule has 0 aromatic heterocycles. The van der Waals surface area contributed by atoms with E-state index in [1.807, 2.05) is 19.9 Å². The average molecular weight is 270 g/mol. The summed E-state index contributed by atoms with van der Waals surface area (Å²) in [5.41, 5.74) is 0.574. The zero-order valence-electron chi connectivity index (χ0n) is 11.3. The number of carbonyl (C=O) groups is 1. The number of aliphatic hydroxyl groups is 1. The van der Waals surface area contributed by atoms with Gasteiger partial charge in [0.25, 0.3) is 5.91 Å². The summed E-state index contributed by atoms with van der Waals surface area (Å²) >= 11 is 5.92. The second-order valence-corrected chi connectivity index (χ2v) is 5.53. The molecule has 0 bridgehead atoms. The maximum absolute atomic E-state index is 12.4. The van der Waals surface area contributed by atoms with Crippen LogP contribution >= 0.6 is 11.6 Å². The fraction of sp³-hybridized carbons (Fsp3) is 0.500. The zero-order valence-corrected chi connectivity index (χ0v) is 12.1. The number of aryl methyl sites for hydroxylation is 1. The third kappa shape index (κ3) is 4.00. The fourth-order valence-electron chi connectivity index (χ4n) is 1.79. The topological polar surface area (TPSA) is 40.5 Å². The molecule has 0 fully saturated rings. The van der Waals surface area contributed by atoms with Crippen molar-refractivity contribution in [1.29, 1.82) is 0 Å². The molecule has 4 heteroatoms. The maximum atomic E-state index is 12.4. The van der Waals surface area contributed by atoms with E-state index in [1.54, 1.807) is 30.9 Å². The van der Waals surface area contributed by atoms with E-state index in [4.69, 9.17) is 11.6 Å². The second-order valence-electron chi connectivity index (χ2n) is 5.09. The van der Waals surface area contributed by atoms with Crippen LogP contribution in [0.2, 0.25) is 5.02 Å². The summed E-state index contributed by atoms with van der Waals surface area (Å²) in [6.07, 6.45) is 0. The van der Waals surface area contributed by atoms with Gasteiger partial charge in [0.15, 0.2) is 0 Å². The molecule has 0 aliphatic carbocycles. The van der Waals surface area contributed by atoms with Gasteiger partial charge in [0.05, 0.1) is 5.60 Å². The molecule has 3 nitrogen and oxygen atoms in total. The molecule has 0 saturated carbocycles. The van der Waals surface area contributed by atoms with Crippen molar-refractivity contribution in [2.24, 2.45) is 0 Å². The van der Waals surface area contributed by atoms with Crippen LogP contribution in [0, 0.1) is 6.92 Å². The van der Waals surface area contributed by atoms with Gasteiger partial charge in [-0.3, -0.25) is 4.79 Å². The quantitative estimate of drug-likeness (QED) is 0.913. The molecule has 1 rings (SSSR count). The summed E-state index contributed by atoms with van der Waals surface area (Å²) in [5.74, 6) is -0.0976. The van der Waals surface area contributed by atoms with E-state index in [0.29, 0.717) is 23.7 Å². The van der Waals surface area contributed by atoms with E-state index in [-0.39, 0.29) is 5.91 Å². The highest BCUT2D eigenvalue weighted by Crippen LogP contribution is 2.18. The summed E-state index contributed by atoms with van der Waals surface area (Å²) in [4.78, 5) is 14.0. The van der Waals surface area contributed by atoms with Gasteiger partial charge in [-0.05, 0) is 45.4 Å². The van der Waals surface area contributed by atoms with Gasteiger partial charge < -0.3 is 10.0 Å². The monoisotopic (exact) mass is 269 g/mol. The standard InChI is InChI=1S/C14H20ClNO2/c1-5-16(9-14(3,4)18)13(17)12-8-11(15)7-6-10(12)2/h6-8,18H,5,9H2,1-4H3. The summed E-state index contributed by atoms with van der Waals surface area (Å²) in [7, 11) is 0. The van der Waals surface area contributed by atoms with Gasteiger partial charge in [-0.25, -0.2) is 0 Å². The minimum atomic E-state index is -0.905. The number of amides is 1. The third-order valence-electron chi connectivity index (χ3n) is 2.68. The average Bonchev–Trinajstić information content (AvgIpc) is 2.27. The molecule has 18 heavy (non-hydrogen) atoms. The van der Waals surface area contributed by atoms with Gasteiger partial charge in [-0.15, -0.1) is 0 Å². The summed E-state index contributed by atoms with van der Waals surface area (Å²) in [6.45, 7) is 8.00. The Kier molecular flexibility index (Phi) is 4.77. The third-order valence-corrected chi connectivity index (χ3v) is 2.91. The molecule has 1 aromatic carbocycles. The molecule has 0 saturated heterocycles. The van der Waals surface area contributed by atoms with Crippen molar-refractivity contribution in [1.82, 2.24) is 4.90 Å². The number of hydrogen-bond donors (Lipinski definition) is 1. The number of hydrogen-bond acceptors (Lipinski definition) is 2. The molecular weight excluding hydrogens is 250 g/mol. The van der Waals surface area contributed by atoms with Crippen LogP contribution < -0.4 is 0 Å². The van der Waals surface area contributed by atoms with E-state index >= 15 is 0 Å². The van der Waals surface area contributed by atoms with Gasteiger partial charge in [0.2, 0.25) is 0 Å². The molecule has 1 amide bonds. The highest BCUT2D eigenvalue weighted by atomic mass is 35.5.